The molecule has 0 aliphatic carbocycles. The van der Waals surface area contributed by atoms with Crippen LogP contribution in [-0.4, -0.2) is 87.0 Å². The summed E-state index contributed by atoms with van der Waals surface area (Å²) in [6.07, 6.45) is -2.53. The van der Waals surface area contributed by atoms with Crippen molar-refractivity contribution in [2.45, 2.75) is 12.4 Å². The highest BCUT2D eigenvalue weighted by molar-refractivity contribution is 5.74. The predicted molar refractivity (Wildman–Crippen MR) is 141 cm³/mol. The van der Waals surface area contributed by atoms with Crippen LogP contribution < -0.4 is 4.90 Å². The monoisotopic (exact) mass is 597 g/mol. The van der Waals surface area contributed by atoms with E-state index in [0.717, 1.165) is 43.1 Å². The summed E-state index contributed by atoms with van der Waals surface area (Å²) >= 11 is 0. The Morgan fingerprint density at radius 3 is 1.79 bits per heavy atom. The number of imidazole rings is 1. The van der Waals surface area contributed by atoms with Crippen LogP contribution in [0.25, 0.3) is 28.0 Å². The van der Waals surface area contributed by atoms with Crippen LogP contribution in [-0.2, 0) is 9.59 Å². The summed E-state index contributed by atoms with van der Waals surface area (Å²) in [5.74, 6) is -5.51. The van der Waals surface area contributed by atoms with Crippen LogP contribution in [0.15, 0.2) is 73.3 Å². The number of carbonyl (C=O) groups is 2. The highest BCUT2D eigenvalue weighted by Gasteiger charge is 2.38. The van der Waals surface area contributed by atoms with Crippen molar-refractivity contribution in [3.63, 3.8) is 0 Å². The molecule has 224 valence electrons. The summed E-state index contributed by atoms with van der Waals surface area (Å²) in [5, 5.41) is 14.2. The van der Waals surface area contributed by atoms with Gasteiger partial charge in [0.15, 0.2) is 0 Å². The average Bonchev–Trinajstić information content (AvgIpc) is 3.37. The summed E-state index contributed by atoms with van der Waals surface area (Å²) in [6.45, 7) is 4.43. The second kappa shape index (κ2) is 13.3. The summed E-state index contributed by atoms with van der Waals surface area (Å²) in [7, 11) is 2.19. The largest absolute Gasteiger partial charge is 0.490 e. The molecule has 1 saturated heterocycles. The van der Waals surface area contributed by atoms with Crippen LogP contribution in [0.5, 0.6) is 0 Å². The molecule has 0 radical (unpaired) electrons. The molecule has 1 aliphatic heterocycles. The molecule has 15 heteroatoms. The van der Waals surface area contributed by atoms with Gasteiger partial charge in [-0.05, 0) is 54.6 Å². The Balaban J connectivity index is 0.000000289. The van der Waals surface area contributed by atoms with E-state index in [2.05, 4.69) is 73.8 Å². The Morgan fingerprint density at radius 1 is 0.762 bits per heavy atom. The number of aromatic nitrogens is 3. The van der Waals surface area contributed by atoms with E-state index in [1.54, 1.807) is 0 Å². The summed E-state index contributed by atoms with van der Waals surface area (Å²) < 4.78 is 65.6. The lowest BCUT2D eigenvalue weighted by Gasteiger charge is -2.34. The Hall–Kier alpha value is -4.66. The molecule has 0 atom stereocenters. The van der Waals surface area contributed by atoms with Crippen molar-refractivity contribution in [1.82, 2.24) is 19.3 Å². The van der Waals surface area contributed by atoms with E-state index < -0.39 is 24.3 Å². The van der Waals surface area contributed by atoms with Crippen molar-refractivity contribution in [3.05, 3.63) is 73.3 Å². The Morgan fingerprint density at radius 2 is 1.29 bits per heavy atom. The third-order valence-corrected chi connectivity index (χ3v) is 6.04. The molecule has 0 unspecified atom stereocenters. The number of piperazine rings is 1. The third-order valence-electron chi connectivity index (χ3n) is 6.04. The SMILES string of the molecule is CN1CCN(c2ccc(-c3ccn4c(-c5ccncc5)cnc4c3)cc2)CC1.O=C(O)C(F)(F)F.O=C(O)C(F)(F)F. The molecule has 3 aromatic heterocycles. The third kappa shape index (κ3) is 8.67. The van der Waals surface area contributed by atoms with Gasteiger partial charge < -0.3 is 20.0 Å². The molecular formula is C27H25F6N5O4. The molecule has 4 aromatic rings. The van der Waals surface area contributed by atoms with Crippen molar-refractivity contribution in [3.8, 4) is 22.4 Å². The van der Waals surface area contributed by atoms with E-state index in [4.69, 9.17) is 19.8 Å². The predicted octanol–water partition coefficient (Wildman–Crippen LogP) is 5.08. The van der Waals surface area contributed by atoms with E-state index in [-0.39, 0.29) is 0 Å². The Kier molecular flexibility index (Phi) is 10.1. The first kappa shape index (κ1) is 31.9. The van der Waals surface area contributed by atoms with Gasteiger partial charge in [-0.1, -0.05) is 12.1 Å². The van der Waals surface area contributed by atoms with Gasteiger partial charge in [0.2, 0.25) is 0 Å². The number of likely N-dealkylation sites (N-methyl/N-ethyl adjacent to an activating group) is 1. The lowest BCUT2D eigenvalue weighted by Crippen LogP contribution is -2.44. The molecular weight excluding hydrogens is 572 g/mol. The zero-order chi connectivity index (χ0) is 31.1. The number of pyridine rings is 2. The summed E-state index contributed by atoms with van der Waals surface area (Å²) in [6, 6.07) is 17.2. The normalized spacial score (nSPS) is 13.9. The highest BCUT2D eigenvalue weighted by atomic mass is 19.4. The van der Waals surface area contributed by atoms with Crippen molar-refractivity contribution >= 4 is 23.3 Å². The molecule has 1 fully saturated rings. The number of carboxylic acids is 2. The number of carboxylic acid groups (broad SMARTS) is 2. The van der Waals surface area contributed by atoms with Crippen molar-refractivity contribution in [2.75, 3.05) is 38.1 Å². The molecule has 4 heterocycles. The maximum absolute atomic E-state index is 10.6. The van der Waals surface area contributed by atoms with E-state index >= 15 is 0 Å². The lowest BCUT2D eigenvalue weighted by atomic mass is 10.1. The van der Waals surface area contributed by atoms with Gasteiger partial charge in [0.05, 0.1) is 11.9 Å². The minimum absolute atomic E-state index is 0.951. The molecule has 1 aromatic carbocycles. The van der Waals surface area contributed by atoms with Gasteiger partial charge >= 0.3 is 24.3 Å². The summed E-state index contributed by atoms with van der Waals surface area (Å²) in [5.41, 5.74) is 6.85. The first-order valence-electron chi connectivity index (χ1n) is 12.2. The summed E-state index contributed by atoms with van der Waals surface area (Å²) in [4.78, 5) is 31.3. The number of alkyl halides is 6. The lowest BCUT2D eigenvalue weighted by molar-refractivity contribution is -0.193. The number of hydrogen-bond donors (Lipinski definition) is 2. The van der Waals surface area contributed by atoms with Gasteiger partial charge in [-0.2, -0.15) is 26.3 Å². The van der Waals surface area contributed by atoms with Crippen LogP contribution in [0.1, 0.15) is 0 Å². The molecule has 0 bridgehead atoms. The zero-order valence-electron chi connectivity index (χ0n) is 22.0. The number of rotatable bonds is 3. The fraction of sp³-hybridized carbons (Fsp3) is 0.259. The van der Waals surface area contributed by atoms with Crippen molar-refractivity contribution in [2.24, 2.45) is 0 Å². The van der Waals surface area contributed by atoms with Gasteiger partial charge in [0.1, 0.15) is 5.65 Å². The molecule has 2 N–H and O–H groups in total. The fourth-order valence-corrected chi connectivity index (χ4v) is 3.83. The molecule has 1 aliphatic rings. The van der Waals surface area contributed by atoms with Gasteiger partial charge in [-0.25, -0.2) is 14.6 Å². The van der Waals surface area contributed by atoms with E-state index in [0.29, 0.717) is 0 Å². The van der Waals surface area contributed by atoms with E-state index in [9.17, 15) is 26.3 Å². The Bertz CT molecular complexity index is 1460. The molecule has 0 spiro atoms. The number of anilines is 1. The quantitative estimate of drug-likeness (QED) is 0.315. The minimum Gasteiger partial charge on any atom is -0.475 e. The Labute approximate surface area is 235 Å². The number of benzene rings is 1. The smallest absolute Gasteiger partial charge is 0.475 e. The van der Waals surface area contributed by atoms with Crippen LogP contribution >= 0.6 is 0 Å². The highest BCUT2D eigenvalue weighted by Crippen LogP contribution is 2.27. The molecule has 0 amide bonds. The van der Waals surface area contributed by atoms with Gasteiger partial charge in [0, 0.05) is 56.0 Å². The van der Waals surface area contributed by atoms with Crippen LogP contribution in [0.3, 0.4) is 0 Å². The molecule has 5 rings (SSSR count). The number of fused-ring (bicyclic) bond motifs is 1. The number of hydrogen-bond acceptors (Lipinski definition) is 6. The second-order valence-corrected chi connectivity index (χ2v) is 8.97. The van der Waals surface area contributed by atoms with Crippen LogP contribution in [0.4, 0.5) is 32.0 Å². The fourth-order valence-electron chi connectivity index (χ4n) is 3.83. The second-order valence-electron chi connectivity index (χ2n) is 8.97. The first-order chi connectivity index (χ1) is 19.7. The van der Waals surface area contributed by atoms with E-state index in [1.165, 1.54) is 16.8 Å². The number of nitrogens with zero attached hydrogens (tertiary/aromatic N) is 5. The maximum Gasteiger partial charge on any atom is 0.490 e. The number of halogens is 6. The van der Waals surface area contributed by atoms with Crippen molar-refractivity contribution < 1.29 is 46.1 Å². The van der Waals surface area contributed by atoms with Gasteiger partial charge in [-0.15, -0.1) is 0 Å². The topological polar surface area (TPSA) is 111 Å². The van der Waals surface area contributed by atoms with Gasteiger partial charge in [-0.3, -0.25) is 9.38 Å². The van der Waals surface area contributed by atoms with Crippen LogP contribution in [0, 0.1) is 0 Å². The van der Waals surface area contributed by atoms with Crippen molar-refractivity contribution in [1.29, 1.82) is 0 Å². The number of aliphatic carboxylic acids is 2. The zero-order valence-corrected chi connectivity index (χ0v) is 22.0. The molecule has 42 heavy (non-hydrogen) atoms. The average molecular weight is 598 g/mol. The molecule has 0 saturated carbocycles. The maximum atomic E-state index is 10.6. The standard InChI is InChI=1S/C23H23N5.2C2HF3O2/c1-26-12-14-27(15-13-26)21-4-2-18(3-5-21)20-8-11-28-22(17-25-23(28)16-20)19-6-9-24-10-7-19;2*3-2(4,5)1(6)7/h2-11,16-17H,12-15H2,1H3;2*(H,6,7). The van der Waals surface area contributed by atoms with E-state index in [1.807, 2.05) is 30.7 Å². The van der Waals surface area contributed by atoms with Gasteiger partial charge in [0.25, 0.3) is 0 Å². The first-order valence-corrected chi connectivity index (χ1v) is 12.2. The molecule has 9 nitrogen and oxygen atoms in total. The minimum atomic E-state index is -5.08. The van der Waals surface area contributed by atoms with Crippen LogP contribution in [0.2, 0.25) is 0 Å².